The van der Waals surface area contributed by atoms with Crippen molar-refractivity contribution in [1.29, 1.82) is 0 Å². The smallest absolute Gasteiger partial charge is 0.254 e. The molecule has 0 fully saturated rings. The van der Waals surface area contributed by atoms with Gasteiger partial charge in [0.2, 0.25) is 0 Å². The Labute approximate surface area is 210 Å². The zero-order valence-electron chi connectivity index (χ0n) is 19.9. The summed E-state index contributed by atoms with van der Waals surface area (Å²) >= 11 is 1.70. The molecule has 0 atom stereocenters. The second-order valence-corrected chi connectivity index (χ2v) is 9.33. The van der Waals surface area contributed by atoms with Crippen molar-refractivity contribution in [3.63, 3.8) is 0 Å². The summed E-state index contributed by atoms with van der Waals surface area (Å²) in [5.74, 6) is -0.0853. The molecule has 3 aromatic carbocycles. The number of amides is 1. The SMILES string of the molecule is CCCCn1c(SCCCNC(=O)c2ccccc2F)nc(-c2ccccc2)c1-c1ccccc1. The van der Waals surface area contributed by atoms with E-state index in [0.717, 1.165) is 59.2 Å². The van der Waals surface area contributed by atoms with Crippen LogP contribution in [-0.4, -0.2) is 27.8 Å². The van der Waals surface area contributed by atoms with Crippen LogP contribution in [0.5, 0.6) is 0 Å². The van der Waals surface area contributed by atoms with E-state index in [-0.39, 0.29) is 11.5 Å². The van der Waals surface area contributed by atoms with Crippen LogP contribution in [0.15, 0.2) is 90.1 Å². The van der Waals surface area contributed by atoms with E-state index in [1.165, 1.54) is 12.1 Å². The second kappa shape index (κ2) is 12.4. The maximum absolute atomic E-state index is 13.8. The average molecular weight is 488 g/mol. The van der Waals surface area contributed by atoms with Gasteiger partial charge in [-0.15, -0.1) is 0 Å². The normalized spacial score (nSPS) is 10.9. The minimum atomic E-state index is -0.501. The van der Waals surface area contributed by atoms with Crippen LogP contribution in [0, 0.1) is 5.82 Å². The van der Waals surface area contributed by atoms with Gasteiger partial charge in [0.05, 0.1) is 17.0 Å². The van der Waals surface area contributed by atoms with Crippen molar-refractivity contribution in [3.8, 4) is 22.5 Å². The molecule has 0 bridgehead atoms. The molecule has 1 amide bonds. The number of halogens is 1. The molecule has 180 valence electrons. The molecule has 0 saturated heterocycles. The fraction of sp³-hybridized carbons (Fsp3) is 0.241. The molecule has 1 aromatic heterocycles. The van der Waals surface area contributed by atoms with Gasteiger partial charge in [0.25, 0.3) is 5.91 Å². The van der Waals surface area contributed by atoms with Gasteiger partial charge in [-0.2, -0.15) is 0 Å². The van der Waals surface area contributed by atoms with E-state index >= 15 is 0 Å². The third-order valence-electron chi connectivity index (χ3n) is 5.72. The van der Waals surface area contributed by atoms with Gasteiger partial charge >= 0.3 is 0 Å². The summed E-state index contributed by atoms with van der Waals surface area (Å²) in [6, 6.07) is 26.8. The third kappa shape index (κ3) is 6.20. The topological polar surface area (TPSA) is 46.9 Å². The van der Waals surface area contributed by atoms with Crippen LogP contribution in [0.25, 0.3) is 22.5 Å². The summed E-state index contributed by atoms with van der Waals surface area (Å²) in [5, 5.41) is 3.81. The Bertz CT molecular complexity index is 1240. The number of nitrogens with one attached hydrogen (secondary N) is 1. The fourth-order valence-electron chi connectivity index (χ4n) is 3.93. The fourth-order valence-corrected chi connectivity index (χ4v) is 4.90. The Morgan fingerprint density at radius 1 is 0.914 bits per heavy atom. The highest BCUT2D eigenvalue weighted by Gasteiger charge is 2.20. The highest BCUT2D eigenvalue weighted by Crippen LogP contribution is 2.36. The monoisotopic (exact) mass is 487 g/mol. The Morgan fingerprint density at radius 2 is 1.57 bits per heavy atom. The first-order chi connectivity index (χ1) is 17.2. The minimum absolute atomic E-state index is 0.0790. The Kier molecular flexibility index (Phi) is 8.74. The van der Waals surface area contributed by atoms with Gasteiger partial charge in [-0.05, 0) is 25.0 Å². The van der Waals surface area contributed by atoms with Crippen LogP contribution in [0.2, 0.25) is 0 Å². The van der Waals surface area contributed by atoms with Gasteiger partial charge in [0, 0.05) is 30.0 Å². The number of aromatic nitrogens is 2. The largest absolute Gasteiger partial charge is 0.352 e. The quantitative estimate of drug-likeness (QED) is 0.182. The maximum atomic E-state index is 13.8. The number of rotatable bonds is 11. The van der Waals surface area contributed by atoms with Crippen molar-refractivity contribution in [2.45, 2.75) is 37.9 Å². The summed E-state index contributed by atoms with van der Waals surface area (Å²) < 4.78 is 16.2. The number of hydrogen-bond donors (Lipinski definition) is 1. The number of carbonyl (C=O) groups excluding carboxylic acids is 1. The van der Waals surface area contributed by atoms with Crippen LogP contribution in [0.1, 0.15) is 36.5 Å². The van der Waals surface area contributed by atoms with Crippen molar-refractivity contribution in [3.05, 3.63) is 96.3 Å². The van der Waals surface area contributed by atoms with Crippen molar-refractivity contribution in [2.75, 3.05) is 12.3 Å². The van der Waals surface area contributed by atoms with Crippen LogP contribution in [0.3, 0.4) is 0 Å². The average Bonchev–Trinajstić information content (AvgIpc) is 3.26. The van der Waals surface area contributed by atoms with Gasteiger partial charge in [0.1, 0.15) is 5.82 Å². The van der Waals surface area contributed by atoms with Crippen LogP contribution < -0.4 is 5.32 Å². The minimum Gasteiger partial charge on any atom is -0.352 e. The zero-order valence-corrected chi connectivity index (χ0v) is 20.7. The van der Waals surface area contributed by atoms with Crippen LogP contribution in [-0.2, 0) is 6.54 Å². The van der Waals surface area contributed by atoms with Gasteiger partial charge in [-0.3, -0.25) is 4.79 Å². The molecule has 4 rings (SSSR count). The molecule has 35 heavy (non-hydrogen) atoms. The van der Waals surface area contributed by atoms with Crippen molar-refractivity contribution in [2.24, 2.45) is 0 Å². The molecule has 1 N–H and O–H groups in total. The lowest BCUT2D eigenvalue weighted by atomic mass is 10.0. The van der Waals surface area contributed by atoms with Gasteiger partial charge in [0.15, 0.2) is 5.16 Å². The molecular formula is C29H30FN3OS. The lowest BCUT2D eigenvalue weighted by Gasteiger charge is -2.13. The van der Waals surface area contributed by atoms with E-state index in [2.05, 4.69) is 53.2 Å². The summed E-state index contributed by atoms with van der Waals surface area (Å²) in [4.78, 5) is 17.3. The number of unbranched alkanes of at least 4 members (excludes halogenated alkanes) is 1. The number of hydrogen-bond acceptors (Lipinski definition) is 3. The lowest BCUT2D eigenvalue weighted by molar-refractivity contribution is 0.0950. The lowest BCUT2D eigenvalue weighted by Crippen LogP contribution is -2.25. The van der Waals surface area contributed by atoms with E-state index in [0.29, 0.717) is 6.54 Å². The van der Waals surface area contributed by atoms with Gasteiger partial charge in [-0.25, -0.2) is 9.37 Å². The maximum Gasteiger partial charge on any atom is 0.254 e. The summed E-state index contributed by atoms with van der Waals surface area (Å²) in [6.07, 6.45) is 2.92. The molecule has 4 nitrogen and oxygen atoms in total. The highest BCUT2D eigenvalue weighted by atomic mass is 32.2. The predicted octanol–water partition coefficient (Wildman–Crippen LogP) is 7.07. The molecule has 0 saturated carbocycles. The molecule has 0 aliphatic carbocycles. The predicted molar refractivity (Wildman–Crippen MR) is 142 cm³/mol. The number of imidazole rings is 1. The molecule has 0 spiro atoms. The third-order valence-corrected chi connectivity index (χ3v) is 6.78. The summed E-state index contributed by atoms with van der Waals surface area (Å²) in [7, 11) is 0. The van der Waals surface area contributed by atoms with Gasteiger partial charge in [-0.1, -0.05) is 97.9 Å². The second-order valence-electron chi connectivity index (χ2n) is 8.27. The Balaban J connectivity index is 1.51. The standard InChI is InChI=1S/C29H30FN3OS/c1-2-3-20-33-27(23-15-8-5-9-16-23)26(22-13-6-4-7-14-22)32-29(33)35-21-12-19-31-28(34)24-17-10-11-18-25(24)30/h4-11,13-18H,2-3,12,19-21H2,1H3,(H,31,34). The molecule has 0 unspecified atom stereocenters. The molecule has 4 aromatic rings. The summed E-state index contributed by atoms with van der Waals surface area (Å²) in [6.45, 7) is 3.57. The van der Waals surface area contributed by atoms with E-state index in [4.69, 9.17) is 4.98 Å². The van der Waals surface area contributed by atoms with Crippen molar-refractivity contribution < 1.29 is 9.18 Å². The molecule has 0 radical (unpaired) electrons. The van der Waals surface area contributed by atoms with E-state index < -0.39 is 5.82 Å². The Morgan fingerprint density at radius 3 is 2.26 bits per heavy atom. The number of benzene rings is 3. The van der Waals surface area contributed by atoms with E-state index in [1.54, 1.807) is 23.9 Å². The van der Waals surface area contributed by atoms with Crippen molar-refractivity contribution in [1.82, 2.24) is 14.9 Å². The van der Waals surface area contributed by atoms with E-state index in [9.17, 15) is 9.18 Å². The number of carbonyl (C=O) groups is 1. The van der Waals surface area contributed by atoms with E-state index in [1.807, 2.05) is 24.3 Å². The van der Waals surface area contributed by atoms with Crippen molar-refractivity contribution >= 4 is 17.7 Å². The molecule has 6 heteroatoms. The molecule has 0 aliphatic heterocycles. The molecule has 0 aliphatic rings. The number of thioether (sulfide) groups is 1. The van der Waals surface area contributed by atoms with Crippen LogP contribution >= 0.6 is 11.8 Å². The number of nitrogens with zero attached hydrogens (tertiary/aromatic N) is 2. The molecular weight excluding hydrogens is 457 g/mol. The van der Waals surface area contributed by atoms with Gasteiger partial charge < -0.3 is 9.88 Å². The highest BCUT2D eigenvalue weighted by molar-refractivity contribution is 7.99. The van der Waals surface area contributed by atoms with Crippen LogP contribution in [0.4, 0.5) is 4.39 Å². The zero-order chi connectivity index (χ0) is 24.5. The first-order valence-electron chi connectivity index (χ1n) is 12.1. The Hall–Kier alpha value is -3.38. The summed E-state index contributed by atoms with van der Waals surface area (Å²) in [5.41, 5.74) is 4.46. The first-order valence-corrected chi connectivity index (χ1v) is 13.0. The first kappa shape index (κ1) is 24.7. The molecule has 1 heterocycles.